The molecule has 25 heavy (non-hydrogen) atoms. The van der Waals surface area contributed by atoms with Crippen molar-refractivity contribution in [2.75, 3.05) is 0 Å². The summed E-state index contributed by atoms with van der Waals surface area (Å²) in [5, 5.41) is 16.5. The minimum absolute atomic E-state index is 0.00333. The second kappa shape index (κ2) is 5.26. The van der Waals surface area contributed by atoms with E-state index in [1.165, 1.54) is 12.1 Å². The number of nitrogens with zero attached hydrogens (tertiary/aromatic N) is 3. The smallest absolute Gasteiger partial charge is 0.269 e. The van der Waals surface area contributed by atoms with Crippen LogP contribution in [0.1, 0.15) is 21.7 Å². The highest BCUT2D eigenvalue weighted by atomic mass is 32.2. The van der Waals surface area contributed by atoms with Gasteiger partial charge in [-0.15, -0.1) is 0 Å². The maximum Gasteiger partial charge on any atom is 0.269 e. The summed E-state index contributed by atoms with van der Waals surface area (Å²) in [5.74, 6) is -0.608. The van der Waals surface area contributed by atoms with E-state index in [4.69, 9.17) is 10.9 Å². The summed E-state index contributed by atoms with van der Waals surface area (Å²) in [6.07, 6.45) is 2.99. The molecule has 0 radical (unpaired) electrons. The largest absolute Gasteiger partial charge is 0.364 e. The number of hydrogen-bond donors (Lipinski definition) is 3. The van der Waals surface area contributed by atoms with Crippen LogP contribution in [-0.2, 0) is 22.9 Å². The molecule has 128 valence electrons. The normalized spacial score (nSPS) is 13.3. The van der Waals surface area contributed by atoms with Gasteiger partial charge in [0.2, 0.25) is 10.0 Å². The van der Waals surface area contributed by atoms with Crippen LogP contribution in [-0.4, -0.2) is 34.3 Å². The third kappa shape index (κ3) is 2.42. The average molecular weight is 358 g/mol. The van der Waals surface area contributed by atoms with Crippen molar-refractivity contribution >= 4 is 15.9 Å². The summed E-state index contributed by atoms with van der Waals surface area (Å²) < 4.78 is 24.4. The van der Waals surface area contributed by atoms with E-state index in [2.05, 4.69) is 15.3 Å². The molecule has 0 unspecified atom stereocenters. The predicted octanol–water partition coefficient (Wildman–Crippen LogP) is 0.107. The molecule has 4 rings (SSSR count). The second-order valence-corrected chi connectivity index (χ2v) is 7.31. The summed E-state index contributed by atoms with van der Waals surface area (Å²) in [5.41, 5.74) is 9.55. The van der Waals surface area contributed by atoms with Gasteiger partial charge in [-0.2, -0.15) is 10.2 Å². The molecule has 1 aliphatic rings. The fraction of sp³-hybridized carbons (Fsp3) is 0.133. The van der Waals surface area contributed by atoms with E-state index in [9.17, 15) is 13.2 Å². The van der Waals surface area contributed by atoms with E-state index in [0.717, 1.165) is 22.5 Å². The van der Waals surface area contributed by atoms with Crippen molar-refractivity contribution in [2.24, 2.45) is 10.9 Å². The molecule has 9 nitrogen and oxygen atoms in total. The van der Waals surface area contributed by atoms with Crippen molar-refractivity contribution in [1.29, 1.82) is 0 Å². The zero-order valence-corrected chi connectivity index (χ0v) is 13.7. The minimum atomic E-state index is -3.79. The Balaban J connectivity index is 1.93. The molecular weight excluding hydrogens is 344 g/mol. The van der Waals surface area contributed by atoms with Gasteiger partial charge in [-0.25, -0.2) is 18.2 Å². The highest BCUT2D eigenvalue weighted by molar-refractivity contribution is 7.89. The summed E-state index contributed by atoms with van der Waals surface area (Å²) in [4.78, 5) is 11.8. The Morgan fingerprint density at radius 1 is 1.20 bits per heavy atom. The summed E-state index contributed by atoms with van der Waals surface area (Å²) in [6, 6.07) is 5.93. The van der Waals surface area contributed by atoms with Gasteiger partial charge in [0.25, 0.3) is 5.91 Å². The third-order valence-electron chi connectivity index (χ3n) is 4.23. The van der Waals surface area contributed by atoms with Crippen LogP contribution in [0.5, 0.6) is 0 Å². The SMILES string of the molecule is NC(=O)c1nn(-c2ccc(S(N)(=O)=O)cc2)c2c1CCc1[nH]ncc1-2. The number of aryl methyl sites for hydroxylation is 1. The zero-order valence-electron chi connectivity index (χ0n) is 12.9. The molecule has 0 saturated carbocycles. The van der Waals surface area contributed by atoms with Crippen LogP contribution < -0.4 is 10.9 Å². The van der Waals surface area contributed by atoms with Gasteiger partial charge in [-0.1, -0.05) is 0 Å². The number of aromatic nitrogens is 4. The predicted molar refractivity (Wildman–Crippen MR) is 88.4 cm³/mol. The number of H-pyrrole nitrogens is 1. The molecule has 0 spiro atoms. The number of hydrogen-bond acceptors (Lipinski definition) is 5. The standard InChI is InChI=1S/C15H14N6O3S/c16-15(22)13-10-5-6-12-11(7-18-19-12)14(10)21(20-13)8-1-3-9(4-2-8)25(17,23)24/h1-4,7H,5-6H2,(H2,16,22)(H,18,19)(H2,17,23,24). The van der Waals surface area contributed by atoms with Crippen molar-refractivity contribution in [1.82, 2.24) is 20.0 Å². The van der Waals surface area contributed by atoms with Gasteiger partial charge in [0.15, 0.2) is 5.69 Å². The lowest BCUT2D eigenvalue weighted by molar-refractivity contribution is 0.0994. The maximum absolute atomic E-state index is 11.8. The number of amides is 1. The number of nitrogens with two attached hydrogens (primary N) is 2. The molecule has 1 aromatic carbocycles. The number of carbonyl (C=O) groups is 1. The Bertz CT molecular complexity index is 1090. The number of benzene rings is 1. The molecule has 3 aromatic rings. The van der Waals surface area contributed by atoms with E-state index >= 15 is 0 Å². The Kier molecular flexibility index (Phi) is 3.27. The van der Waals surface area contributed by atoms with Gasteiger partial charge in [0, 0.05) is 16.8 Å². The Morgan fingerprint density at radius 3 is 2.56 bits per heavy atom. The Morgan fingerprint density at radius 2 is 1.92 bits per heavy atom. The van der Waals surface area contributed by atoms with E-state index in [1.54, 1.807) is 23.0 Å². The van der Waals surface area contributed by atoms with Crippen LogP contribution in [0.3, 0.4) is 0 Å². The fourth-order valence-electron chi connectivity index (χ4n) is 3.08. The van der Waals surface area contributed by atoms with Gasteiger partial charge in [0.1, 0.15) is 0 Å². The van der Waals surface area contributed by atoms with Crippen molar-refractivity contribution in [3.05, 3.63) is 47.4 Å². The average Bonchev–Trinajstić information content (AvgIpc) is 3.18. The van der Waals surface area contributed by atoms with Crippen LogP contribution in [0.2, 0.25) is 0 Å². The molecule has 2 heterocycles. The maximum atomic E-state index is 11.8. The summed E-state index contributed by atoms with van der Waals surface area (Å²) >= 11 is 0. The van der Waals surface area contributed by atoms with Crippen LogP contribution in [0.15, 0.2) is 35.4 Å². The number of carbonyl (C=O) groups excluding carboxylic acids is 1. The molecule has 0 atom stereocenters. The topological polar surface area (TPSA) is 150 Å². The number of primary amides is 1. The number of primary sulfonamides is 1. The molecule has 1 aliphatic carbocycles. The number of fused-ring (bicyclic) bond motifs is 3. The lowest BCUT2D eigenvalue weighted by Crippen LogP contribution is -2.15. The van der Waals surface area contributed by atoms with E-state index in [1.807, 2.05) is 0 Å². The number of aromatic amines is 1. The van der Waals surface area contributed by atoms with Crippen molar-refractivity contribution in [3.8, 4) is 16.9 Å². The highest BCUT2D eigenvalue weighted by Gasteiger charge is 2.29. The number of rotatable bonds is 3. The first-order valence-electron chi connectivity index (χ1n) is 7.44. The van der Waals surface area contributed by atoms with Crippen molar-refractivity contribution < 1.29 is 13.2 Å². The van der Waals surface area contributed by atoms with Gasteiger partial charge >= 0.3 is 0 Å². The third-order valence-corrected chi connectivity index (χ3v) is 5.15. The zero-order chi connectivity index (χ0) is 17.8. The Hall–Kier alpha value is -2.98. The Labute approximate surface area is 142 Å². The number of nitrogens with one attached hydrogen (secondary N) is 1. The van der Waals surface area contributed by atoms with Crippen molar-refractivity contribution in [3.63, 3.8) is 0 Å². The van der Waals surface area contributed by atoms with E-state index in [-0.39, 0.29) is 10.6 Å². The van der Waals surface area contributed by atoms with Gasteiger partial charge in [-0.3, -0.25) is 9.89 Å². The monoisotopic (exact) mass is 358 g/mol. The first kappa shape index (κ1) is 15.5. The molecule has 0 bridgehead atoms. The molecular formula is C15H14N6O3S. The first-order valence-corrected chi connectivity index (χ1v) is 8.98. The molecule has 10 heteroatoms. The van der Waals surface area contributed by atoms with Crippen LogP contribution >= 0.6 is 0 Å². The number of sulfonamides is 1. The molecule has 5 N–H and O–H groups in total. The first-order chi connectivity index (χ1) is 11.9. The van der Waals surface area contributed by atoms with Crippen molar-refractivity contribution in [2.45, 2.75) is 17.7 Å². The van der Waals surface area contributed by atoms with Crippen LogP contribution in [0.25, 0.3) is 16.9 Å². The minimum Gasteiger partial charge on any atom is -0.364 e. The summed E-state index contributed by atoms with van der Waals surface area (Å²) in [6.45, 7) is 0. The second-order valence-electron chi connectivity index (χ2n) is 5.75. The molecule has 1 amide bonds. The van der Waals surface area contributed by atoms with E-state index < -0.39 is 15.9 Å². The van der Waals surface area contributed by atoms with Gasteiger partial charge in [0.05, 0.1) is 22.5 Å². The lowest BCUT2D eigenvalue weighted by atomic mass is 9.93. The molecule has 2 aromatic heterocycles. The van der Waals surface area contributed by atoms with Crippen LogP contribution in [0, 0.1) is 0 Å². The highest BCUT2D eigenvalue weighted by Crippen LogP contribution is 2.35. The van der Waals surface area contributed by atoms with Crippen LogP contribution in [0.4, 0.5) is 0 Å². The fourth-order valence-corrected chi connectivity index (χ4v) is 3.60. The summed E-state index contributed by atoms with van der Waals surface area (Å²) in [7, 11) is -3.79. The van der Waals surface area contributed by atoms with E-state index in [0.29, 0.717) is 18.5 Å². The quantitative estimate of drug-likeness (QED) is 0.607. The molecule has 0 saturated heterocycles. The van der Waals surface area contributed by atoms with Gasteiger partial charge in [-0.05, 0) is 37.1 Å². The molecule has 0 fully saturated rings. The molecule has 0 aliphatic heterocycles. The lowest BCUT2D eigenvalue weighted by Gasteiger charge is -2.14. The van der Waals surface area contributed by atoms with Gasteiger partial charge < -0.3 is 5.73 Å².